The van der Waals surface area contributed by atoms with E-state index in [1.54, 1.807) is 7.11 Å². The fraction of sp³-hybridized carbons (Fsp3) is 1.00. The van der Waals surface area contributed by atoms with Crippen LogP contribution in [0.15, 0.2) is 0 Å². The molecule has 0 fully saturated rings. The van der Waals surface area contributed by atoms with Crippen LogP contribution in [-0.2, 0) is 30.6 Å². The van der Waals surface area contributed by atoms with Crippen molar-refractivity contribution in [3.63, 3.8) is 0 Å². The summed E-state index contributed by atoms with van der Waals surface area (Å²) >= 11 is 4.60. The normalized spacial score (nSPS) is 18.5. The molecule has 0 N–H and O–H groups in total. The number of rotatable bonds is 7. The SMILES string of the molecule is COC(COP(=O)([S-])OC)C[N+](C)(C)C. The van der Waals surface area contributed by atoms with Crippen LogP contribution in [0.25, 0.3) is 0 Å². The highest BCUT2D eigenvalue weighted by atomic mass is 32.7. The summed E-state index contributed by atoms with van der Waals surface area (Å²) in [6.45, 7) is -2.38. The zero-order chi connectivity index (χ0) is 12.1. The highest BCUT2D eigenvalue weighted by Gasteiger charge is 2.19. The second kappa shape index (κ2) is 6.23. The topological polar surface area (TPSA) is 44.8 Å². The van der Waals surface area contributed by atoms with E-state index >= 15 is 0 Å². The van der Waals surface area contributed by atoms with Crippen molar-refractivity contribution in [1.29, 1.82) is 0 Å². The van der Waals surface area contributed by atoms with Crippen LogP contribution >= 0.6 is 6.80 Å². The lowest BCUT2D eigenvalue weighted by Gasteiger charge is -2.30. The van der Waals surface area contributed by atoms with Crippen LogP contribution < -0.4 is 0 Å². The van der Waals surface area contributed by atoms with Crippen LogP contribution in [-0.4, -0.2) is 59.1 Å². The van der Waals surface area contributed by atoms with Gasteiger partial charge in [-0.1, -0.05) is 0 Å². The third-order valence-electron chi connectivity index (χ3n) is 1.73. The van der Waals surface area contributed by atoms with Crippen LogP contribution in [0.1, 0.15) is 0 Å². The first kappa shape index (κ1) is 15.4. The van der Waals surface area contributed by atoms with Crippen molar-refractivity contribution in [2.45, 2.75) is 6.10 Å². The van der Waals surface area contributed by atoms with E-state index in [1.165, 1.54) is 7.11 Å². The minimum atomic E-state index is -3.31. The zero-order valence-corrected chi connectivity index (χ0v) is 11.6. The minimum Gasteiger partial charge on any atom is -0.660 e. The van der Waals surface area contributed by atoms with Gasteiger partial charge in [0.1, 0.15) is 12.6 Å². The molecule has 5 nitrogen and oxygen atoms in total. The quantitative estimate of drug-likeness (QED) is 0.387. The standard InChI is InChI=1S/C8H20NO4PS/c1-9(2,3)6-8(11-4)7-13-14(10,15)12-5/h8H,6-7H2,1-5H3. The van der Waals surface area contributed by atoms with Gasteiger partial charge in [0.2, 0.25) is 0 Å². The molecule has 92 valence electrons. The molecule has 0 aromatic rings. The fourth-order valence-corrected chi connectivity index (χ4v) is 1.67. The molecule has 0 amide bonds. The first-order chi connectivity index (χ1) is 6.70. The van der Waals surface area contributed by atoms with Gasteiger partial charge in [0, 0.05) is 14.2 Å². The second-order valence-electron chi connectivity index (χ2n) is 4.26. The molecule has 0 aliphatic carbocycles. The van der Waals surface area contributed by atoms with Gasteiger partial charge in [-0.05, 0) is 0 Å². The molecule has 0 bridgehead atoms. The maximum atomic E-state index is 11.3. The highest BCUT2D eigenvalue weighted by Crippen LogP contribution is 2.44. The smallest absolute Gasteiger partial charge is 0.199 e. The van der Waals surface area contributed by atoms with Crippen LogP contribution in [0.4, 0.5) is 0 Å². The largest absolute Gasteiger partial charge is 0.660 e. The summed E-state index contributed by atoms with van der Waals surface area (Å²) < 4.78 is 26.8. The maximum absolute atomic E-state index is 11.3. The Balaban J connectivity index is 4.07. The Hall–Kier alpha value is 0.420. The first-order valence-electron chi connectivity index (χ1n) is 4.55. The summed E-state index contributed by atoms with van der Waals surface area (Å²) in [7, 11) is 8.97. The number of hydrogen-bond acceptors (Lipinski definition) is 5. The number of quaternary nitrogens is 1. The summed E-state index contributed by atoms with van der Waals surface area (Å²) in [6, 6.07) is 0. The molecule has 15 heavy (non-hydrogen) atoms. The van der Waals surface area contributed by atoms with E-state index in [0.717, 1.165) is 11.0 Å². The van der Waals surface area contributed by atoms with Crippen LogP contribution in [0, 0.1) is 0 Å². The van der Waals surface area contributed by atoms with Gasteiger partial charge in [0.05, 0.1) is 27.7 Å². The number of ether oxygens (including phenoxy) is 1. The lowest BCUT2D eigenvalue weighted by Crippen LogP contribution is -2.43. The Morgan fingerprint density at radius 2 is 1.87 bits per heavy atom. The van der Waals surface area contributed by atoms with E-state index in [4.69, 9.17) is 9.26 Å². The monoisotopic (exact) mass is 257 g/mol. The molecule has 7 heteroatoms. The Morgan fingerprint density at radius 3 is 2.20 bits per heavy atom. The predicted molar refractivity (Wildman–Crippen MR) is 61.6 cm³/mol. The molecule has 0 aliphatic rings. The van der Waals surface area contributed by atoms with Gasteiger partial charge >= 0.3 is 0 Å². The second-order valence-corrected chi connectivity index (χ2v) is 7.12. The van der Waals surface area contributed by atoms with E-state index in [-0.39, 0.29) is 12.7 Å². The summed E-state index contributed by atoms with van der Waals surface area (Å²) in [4.78, 5) is 0. The molecule has 0 saturated heterocycles. The van der Waals surface area contributed by atoms with Gasteiger partial charge in [-0.25, -0.2) is 0 Å². The van der Waals surface area contributed by atoms with Crippen molar-refractivity contribution in [1.82, 2.24) is 0 Å². The lowest BCUT2D eigenvalue weighted by atomic mass is 10.3. The van der Waals surface area contributed by atoms with E-state index in [0.29, 0.717) is 0 Å². The van der Waals surface area contributed by atoms with Crippen LogP contribution in [0.3, 0.4) is 0 Å². The fourth-order valence-electron chi connectivity index (χ4n) is 1.03. The summed E-state index contributed by atoms with van der Waals surface area (Å²) in [6.07, 6.45) is -0.142. The van der Waals surface area contributed by atoms with E-state index in [2.05, 4.69) is 16.8 Å². The Bertz CT molecular complexity index is 231. The Morgan fingerprint density at radius 1 is 1.33 bits per heavy atom. The third kappa shape index (κ3) is 8.25. The average Bonchev–Trinajstić information content (AvgIpc) is 2.10. The summed E-state index contributed by atoms with van der Waals surface area (Å²) in [5.74, 6) is 0. The van der Waals surface area contributed by atoms with Gasteiger partial charge < -0.3 is 30.5 Å². The van der Waals surface area contributed by atoms with Crippen LogP contribution in [0.2, 0.25) is 0 Å². The van der Waals surface area contributed by atoms with Crippen LogP contribution in [0.5, 0.6) is 0 Å². The first-order valence-corrected chi connectivity index (χ1v) is 7.10. The minimum absolute atomic E-state index is 0.142. The molecule has 0 spiro atoms. The molecule has 0 rings (SSSR count). The highest BCUT2D eigenvalue weighted by molar-refractivity contribution is 8.32. The molecule has 0 aromatic heterocycles. The molecule has 2 atom stereocenters. The number of methoxy groups -OCH3 is 1. The van der Waals surface area contributed by atoms with E-state index < -0.39 is 6.80 Å². The van der Waals surface area contributed by atoms with Crippen molar-refractivity contribution < 1.29 is 22.8 Å². The lowest BCUT2D eigenvalue weighted by molar-refractivity contribution is -0.873. The van der Waals surface area contributed by atoms with Gasteiger partial charge in [-0.2, -0.15) is 0 Å². The summed E-state index contributed by atoms with van der Waals surface area (Å²) in [5.41, 5.74) is 0. The van der Waals surface area contributed by atoms with Gasteiger partial charge in [0.25, 0.3) is 0 Å². The predicted octanol–water partition coefficient (Wildman–Crippen LogP) is 1.03. The molecule has 0 saturated carbocycles. The van der Waals surface area contributed by atoms with Crippen molar-refractivity contribution in [3.05, 3.63) is 0 Å². The van der Waals surface area contributed by atoms with E-state index in [9.17, 15) is 4.57 Å². The molecular weight excluding hydrogens is 237 g/mol. The summed E-state index contributed by atoms with van der Waals surface area (Å²) in [5, 5.41) is 0. The molecule has 0 radical (unpaired) electrons. The maximum Gasteiger partial charge on any atom is 0.199 e. The van der Waals surface area contributed by atoms with Gasteiger partial charge in [0.15, 0.2) is 6.80 Å². The van der Waals surface area contributed by atoms with Crippen molar-refractivity contribution in [2.75, 3.05) is 48.5 Å². The van der Waals surface area contributed by atoms with Crippen molar-refractivity contribution in [3.8, 4) is 0 Å². The molecule has 0 aromatic carbocycles. The molecular formula is C8H20NO4PS. The van der Waals surface area contributed by atoms with Gasteiger partial charge in [-0.15, -0.1) is 0 Å². The molecule has 0 aliphatic heterocycles. The van der Waals surface area contributed by atoms with Gasteiger partial charge in [-0.3, -0.25) is 4.57 Å². The third-order valence-corrected chi connectivity index (χ3v) is 3.40. The van der Waals surface area contributed by atoms with Crippen molar-refractivity contribution >= 4 is 19.0 Å². The van der Waals surface area contributed by atoms with Crippen molar-refractivity contribution in [2.24, 2.45) is 0 Å². The molecule has 0 heterocycles. The average molecular weight is 257 g/mol. The number of likely N-dealkylation sites (N-methyl/N-ethyl adjacent to an activating group) is 1. The zero-order valence-electron chi connectivity index (χ0n) is 9.93. The Labute approximate surface area is 97.0 Å². The number of hydrogen-bond donors (Lipinski definition) is 0. The van der Waals surface area contributed by atoms with E-state index in [1.807, 2.05) is 21.1 Å². The molecule has 2 unspecified atom stereocenters. The Kier molecular flexibility index (Phi) is 6.40. The number of nitrogens with zero attached hydrogens (tertiary/aromatic N) is 1.